The van der Waals surface area contributed by atoms with Gasteiger partial charge in [-0.1, -0.05) is 42.5 Å². The number of ether oxygens (including phenoxy) is 2. The number of nitrogens with zero attached hydrogens (tertiary/aromatic N) is 2. The van der Waals surface area contributed by atoms with Crippen molar-refractivity contribution in [1.29, 1.82) is 0 Å². The Balaban J connectivity index is 1.37. The van der Waals surface area contributed by atoms with Crippen LogP contribution in [-0.4, -0.2) is 57.9 Å². The highest BCUT2D eigenvalue weighted by atomic mass is 16.5. The number of aliphatic imine (C=N–C) groups is 1. The van der Waals surface area contributed by atoms with Crippen LogP contribution in [0, 0.1) is 5.92 Å². The zero-order chi connectivity index (χ0) is 21.0. The van der Waals surface area contributed by atoms with Crippen LogP contribution in [0.15, 0.2) is 59.6 Å². The number of hydrogen-bond acceptors (Lipinski definition) is 3. The van der Waals surface area contributed by atoms with Gasteiger partial charge >= 0.3 is 0 Å². The fraction of sp³-hybridized carbons (Fsp3) is 0.480. The summed E-state index contributed by atoms with van der Waals surface area (Å²) < 4.78 is 11.4. The Bertz CT molecular complexity index is 773. The van der Waals surface area contributed by atoms with Crippen LogP contribution >= 0.6 is 0 Å². The Morgan fingerprint density at radius 3 is 2.73 bits per heavy atom. The number of benzene rings is 2. The van der Waals surface area contributed by atoms with Crippen LogP contribution in [0.25, 0.3) is 0 Å². The highest BCUT2D eigenvalue weighted by Crippen LogP contribution is 2.15. The van der Waals surface area contributed by atoms with Gasteiger partial charge in [0.15, 0.2) is 5.96 Å². The van der Waals surface area contributed by atoms with Crippen LogP contribution < -0.4 is 10.1 Å². The minimum absolute atomic E-state index is 0.601. The van der Waals surface area contributed by atoms with E-state index in [-0.39, 0.29) is 0 Å². The van der Waals surface area contributed by atoms with Crippen molar-refractivity contribution in [2.45, 2.75) is 25.7 Å². The van der Waals surface area contributed by atoms with Crippen LogP contribution in [0.3, 0.4) is 0 Å². The fourth-order valence-corrected chi connectivity index (χ4v) is 3.81. The first-order chi connectivity index (χ1) is 14.7. The standard InChI is InChI=1S/C25H35N3O2/c1-26-25(28(2)19-23-14-17-29-20-23)27-15-13-22-10-6-12-24(18-22)30-16-7-11-21-8-4-3-5-9-21/h3-6,8-10,12,18,23H,7,11,13-17,19-20H2,1-2H3,(H,26,27). The Kier molecular flexibility index (Phi) is 9.04. The highest BCUT2D eigenvalue weighted by molar-refractivity contribution is 5.79. The molecule has 5 heteroatoms. The fourth-order valence-electron chi connectivity index (χ4n) is 3.81. The lowest BCUT2D eigenvalue weighted by molar-refractivity contribution is 0.181. The van der Waals surface area contributed by atoms with Gasteiger partial charge < -0.3 is 19.7 Å². The molecule has 0 saturated carbocycles. The van der Waals surface area contributed by atoms with E-state index >= 15 is 0 Å². The monoisotopic (exact) mass is 409 g/mol. The third-order valence-corrected chi connectivity index (χ3v) is 5.45. The predicted molar refractivity (Wildman–Crippen MR) is 123 cm³/mol. The Morgan fingerprint density at radius 2 is 1.97 bits per heavy atom. The zero-order valence-electron chi connectivity index (χ0n) is 18.3. The normalized spacial score (nSPS) is 16.5. The number of guanidine groups is 1. The molecular formula is C25H35N3O2. The Hall–Kier alpha value is -2.53. The molecule has 0 spiro atoms. The van der Waals surface area contributed by atoms with E-state index in [9.17, 15) is 0 Å². The molecule has 0 radical (unpaired) electrons. The summed E-state index contributed by atoms with van der Waals surface area (Å²) in [6, 6.07) is 19.0. The Labute approximate surface area is 181 Å². The number of aryl methyl sites for hydroxylation is 1. The average molecular weight is 410 g/mol. The van der Waals surface area contributed by atoms with Crippen LogP contribution in [-0.2, 0) is 17.6 Å². The second-order valence-electron chi connectivity index (χ2n) is 7.92. The molecule has 5 nitrogen and oxygen atoms in total. The van der Waals surface area contributed by atoms with Crippen LogP contribution in [0.4, 0.5) is 0 Å². The van der Waals surface area contributed by atoms with Gasteiger partial charge in [0.1, 0.15) is 5.75 Å². The minimum Gasteiger partial charge on any atom is -0.494 e. The third kappa shape index (κ3) is 7.38. The minimum atomic E-state index is 0.601. The summed E-state index contributed by atoms with van der Waals surface area (Å²) >= 11 is 0. The molecule has 1 unspecified atom stereocenters. The number of hydrogen-bond donors (Lipinski definition) is 1. The summed E-state index contributed by atoms with van der Waals surface area (Å²) in [7, 11) is 3.94. The zero-order valence-corrected chi connectivity index (χ0v) is 18.3. The SMILES string of the molecule is CN=C(NCCc1cccc(OCCCc2ccccc2)c1)N(C)CC1CCOC1. The van der Waals surface area contributed by atoms with Gasteiger partial charge in [-0.25, -0.2) is 0 Å². The highest BCUT2D eigenvalue weighted by Gasteiger charge is 2.18. The van der Waals surface area contributed by atoms with E-state index in [0.29, 0.717) is 5.92 Å². The van der Waals surface area contributed by atoms with Crippen LogP contribution in [0.1, 0.15) is 24.0 Å². The molecular weight excluding hydrogens is 374 g/mol. The second-order valence-corrected chi connectivity index (χ2v) is 7.92. The molecule has 1 aliphatic heterocycles. The van der Waals surface area contributed by atoms with Gasteiger partial charge in [0.25, 0.3) is 0 Å². The first kappa shape index (κ1) is 22.2. The van der Waals surface area contributed by atoms with Gasteiger partial charge in [-0.15, -0.1) is 0 Å². The van der Waals surface area contributed by atoms with Gasteiger partial charge in [0, 0.05) is 39.7 Å². The summed E-state index contributed by atoms with van der Waals surface area (Å²) in [6.45, 7) is 4.30. The van der Waals surface area contributed by atoms with Crippen molar-refractivity contribution in [3.8, 4) is 5.75 Å². The van der Waals surface area contributed by atoms with Gasteiger partial charge in [-0.3, -0.25) is 4.99 Å². The average Bonchev–Trinajstić information content (AvgIpc) is 3.28. The third-order valence-electron chi connectivity index (χ3n) is 5.45. The summed E-state index contributed by atoms with van der Waals surface area (Å²) in [5.41, 5.74) is 2.63. The molecule has 0 amide bonds. The van der Waals surface area contributed by atoms with Crippen molar-refractivity contribution < 1.29 is 9.47 Å². The van der Waals surface area contributed by atoms with Crippen molar-refractivity contribution in [1.82, 2.24) is 10.2 Å². The maximum absolute atomic E-state index is 5.97. The Morgan fingerprint density at radius 1 is 1.13 bits per heavy atom. The molecule has 0 aromatic heterocycles. The lowest BCUT2D eigenvalue weighted by Crippen LogP contribution is -2.42. The summed E-state index contributed by atoms with van der Waals surface area (Å²) in [4.78, 5) is 6.62. The summed E-state index contributed by atoms with van der Waals surface area (Å²) in [5.74, 6) is 2.49. The molecule has 1 fully saturated rings. The van der Waals surface area contributed by atoms with Gasteiger partial charge in [0.2, 0.25) is 0 Å². The largest absolute Gasteiger partial charge is 0.494 e. The lowest BCUT2D eigenvalue weighted by Gasteiger charge is -2.24. The molecule has 0 bridgehead atoms. The van der Waals surface area contributed by atoms with E-state index in [1.54, 1.807) is 0 Å². The molecule has 1 aliphatic rings. The molecule has 1 heterocycles. The molecule has 2 aromatic carbocycles. The molecule has 3 rings (SSSR count). The molecule has 162 valence electrons. The first-order valence-electron chi connectivity index (χ1n) is 11.0. The predicted octanol–water partition coefficient (Wildman–Crippen LogP) is 3.78. The van der Waals surface area contributed by atoms with Crippen molar-refractivity contribution in [3.63, 3.8) is 0 Å². The molecule has 1 N–H and O–H groups in total. The van der Waals surface area contributed by atoms with E-state index in [2.05, 4.69) is 70.8 Å². The quantitative estimate of drug-likeness (QED) is 0.368. The van der Waals surface area contributed by atoms with Gasteiger partial charge in [-0.2, -0.15) is 0 Å². The van der Waals surface area contributed by atoms with Gasteiger partial charge in [-0.05, 0) is 48.9 Å². The van der Waals surface area contributed by atoms with E-state index in [0.717, 1.165) is 70.3 Å². The topological polar surface area (TPSA) is 46.1 Å². The van der Waals surface area contributed by atoms with Crippen molar-refractivity contribution in [2.24, 2.45) is 10.9 Å². The summed E-state index contributed by atoms with van der Waals surface area (Å²) in [5, 5.41) is 3.48. The van der Waals surface area contributed by atoms with E-state index in [1.807, 2.05) is 13.1 Å². The van der Waals surface area contributed by atoms with Crippen molar-refractivity contribution >= 4 is 5.96 Å². The number of nitrogens with one attached hydrogen (secondary N) is 1. The molecule has 2 aromatic rings. The molecule has 1 saturated heterocycles. The van der Waals surface area contributed by atoms with Crippen molar-refractivity contribution in [3.05, 3.63) is 65.7 Å². The van der Waals surface area contributed by atoms with E-state index in [4.69, 9.17) is 9.47 Å². The van der Waals surface area contributed by atoms with Crippen LogP contribution in [0.5, 0.6) is 5.75 Å². The second kappa shape index (κ2) is 12.2. The lowest BCUT2D eigenvalue weighted by atomic mass is 10.1. The summed E-state index contributed by atoms with van der Waals surface area (Å²) in [6.07, 6.45) is 4.13. The molecule has 30 heavy (non-hydrogen) atoms. The van der Waals surface area contributed by atoms with E-state index < -0.39 is 0 Å². The molecule has 1 atom stereocenters. The van der Waals surface area contributed by atoms with Gasteiger partial charge in [0.05, 0.1) is 13.2 Å². The first-order valence-corrected chi connectivity index (χ1v) is 11.0. The van der Waals surface area contributed by atoms with Crippen molar-refractivity contribution in [2.75, 3.05) is 47.0 Å². The van der Waals surface area contributed by atoms with Crippen LogP contribution in [0.2, 0.25) is 0 Å². The maximum Gasteiger partial charge on any atom is 0.193 e. The molecule has 0 aliphatic carbocycles. The smallest absolute Gasteiger partial charge is 0.193 e. The maximum atomic E-state index is 5.97. The van der Waals surface area contributed by atoms with E-state index in [1.165, 1.54) is 11.1 Å². The number of rotatable bonds is 10.